The van der Waals surface area contributed by atoms with Gasteiger partial charge in [0, 0.05) is 36.7 Å². The van der Waals surface area contributed by atoms with Gasteiger partial charge in [-0.05, 0) is 42.0 Å². The van der Waals surface area contributed by atoms with Crippen LogP contribution in [0.15, 0.2) is 71.1 Å². The number of oxazole rings is 1. The first-order valence-electron chi connectivity index (χ1n) is 12.0. The molecule has 2 heterocycles. The third kappa shape index (κ3) is 6.03. The van der Waals surface area contributed by atoms with Gasteiger partial charge in [-0.2, -0.15) is 18.3 Å². The average Bonchev–Trinajstić information content (AvgIpc) is 3.53. The molecule has 0 atom stereocenters. The standard InChI is InChI=1S/C28H20F4N4O5/c1-15-34-22-11-21(29)19(10-23(22)41-15)13-33-26(37)18-3-2-4-20(9-18)36-25(12-24(35-36)28(30,31)32)40-14-16-5-7-17(8-6-16)27(38)39/h2-12H,13-14H2,1H3,(H,33,37)(H,38,39). The van der Waals surface area contributed by atoms with Crippen molar-refractivity contribution in [2.45, 2.75) is 26.3 Å². The molecule has 1 amide bonds. The molecule has 41 heavy (non-hydrogen) atoms. The number of alkyl halides is 3. The Morgan fingerprint density at radius 1 is 1.05 bits per heavy atom. The van der Waals surface area contributed by atoms with Crippen LogP contribution in [0.4, 0.5) is 17.6 Å². The van der Waals surface area contributed by atoms with E-state index in [2.05, 4.69) is 15.4 Å². The summed E-state index contributed by atoms with van der Waals surface area (Å²) in [5, 5.41) is 15.2. The van der Waals surface area contributed by atoms with E-state index in [-0.39, 0.29) is 41.4 Å². The quantitative estimate of drug-likeness (QED) is 0.231. The average molecular weight is 568 g/mol. The zero-order chi connectivity index (χ0) is 29.3. The van der Waals surface area contributed by atoms with Gasteiger partial charge in [-0.25, -0.2) is 18.9 Å². The number of fused-ring (bicyclic) bond motifs is 1. The number of carboxylic acid groups (broad SMARTS) is 1. The van der Waals surface area contributed by atoms with Crippen LogP contribution < -0.4 is 10.1 Å². The van der Waals surface area contributed by atoms with E-state index in [0.717, 1.165) is 10.7 Å². The number of nitrogens with one attached hydrogen (secondary N) is 1. The second kappa shape index (κ2) is 10.8. The molecular weight excluding hydrogens is 548 g/mol. The largest absolute Gasteiger partial charge is 0.478 e. The van der Waals surface area contributed by atoms with Crippen molar-refractivity contribution < 1.29 is 41.4 Å². The number of nitrogens with zero attached hydrogens (tertiary/aromatic N) is 3. The number of aryl methyl sites for hydroxylation is 1. The van der Waals surface area contributed by atoms with Crippen molar-refractivity contribution in [1.82, 2.24) is 20.1 Å². The summed E-state index contributed by atoms with van der Waals surface area (Å²) >= 11 is 0. The fraction of sp³-hybridized carbons (Fsp3) is 0.143. The van der Waals surface area contributed by atoms with Crippen LogP contribution in [0.5, 0.6) is 5.88 Å². The van der Waals surface area contributed by atoms with Gasteiger partial charge in [0.05, 0.1) is 11.3 Å². The van der Waals surface area contributed by atoms with E-state index in [1.165, 1.54) is 60.7 Å². The first-order valence-corrected chi connectivity index (χ1v) is 12.0. The summed E-state index contributed by atoms with van der Waals surface area (Å²) < 4.78 is 66.9. The molecule has 2 aromatic heterocycles. The number of benzene rings is 3. The topological polar surface area (TPSA) is 119 Å². The van der Waals surface area contributed by atoms with Gasteiger partial charge < -0.3 is 19.6 Å². The summed E-state index contributed by atoms with van der Waals surface area (Å²) in [6.45, 7) is 1.27. The van der Waals surface area contributed by atoms with Crippen LogP contribution >= 0.6 is 0 Å². The number of halogens is 4. The lowest BCUT2D eigenvalue weighted by molar-refractivity contribution is -0.141. The van der Waals surface area contributed by atoms with E-state index >= 15 is 0 Å². The lowest BCUT2D eigenvalue weighted by atomic mass is 10.1. The van der Waals surface area contributed by atoms with E-state index in [0.29, 0.717) is 22.6 Å². The van der Waals surface area contributed by atoms with Crippen LogP contribution in [0.1, 0.15) is 43.4 Å². The monoisotopic (exact) mass is 568 g/mol. The second-order valence-corrected chi connectivity index (χ2v) is 8.95. The van der Waals surface area contributed by atoms with Crippen molar-refractivity contribution in [3.8, 4) is 11.6 Å². The van der Waals surface area contributed by atoms with E-state index in [1.807, 2.05) is 0 Å². The van der Waals surface area contributed by atoms with Gasteiger partial charge in [0.15, 0.2) is 17.2 Å². The molecule has 0 aliphatic rings. The van der Waals surface area contributed by atoms with Gasteiger partial charge in [-0.15, -0.1) is 0 Å². The molecule has 0 saturated carbocycles. The molecule has 0 aliphatic heterocycles. The number of hydrogen-bond acceptors (Lipinski definition) is 6. The Labute approximate surface area is 229 Å². The molecule has 0 unspecified atom stereocenters. The number of carbonyl (C=O) groups excluding carboxylic acids is 1. The van der Waals surface area contributed by atoms with E-state index < -0.39 is 29.6 Å². The Kier molecular flexibility index (Phi) is 7.18. The van der Waals surface area contributed by atoms with E-state index in [1.54, 1.807) is 6.92 Å². The highest BCUT2D eigenvalue weighted by Crippen LogP contribution is 2.32. The Hall–Kier alpha value is -5.20. The van der Waals surface area contributed by atoms with Crippen LogP contribution in [0, 0.1) is 12.7 Å². The summed E-state index contributed by atoms with van der Waals surface area (Å²) in [7, 11) is 0. The van der Waals surface area contributed by atoms with Crippen LogP contribution in [0.3, 0.4) is 0 Å². The van der Waals surface area contributed by atoms with E-state index in [4.69, 9.17) is 14.3 Å². The molecule has 0 aliphatic carbocycles. The summed E-state index contributed by atoms with van der Waals surface area (Å²) in [5.74, 6) is -2.20. The molecular formula is C28H20F4N4O5. The van der Waals surface area contributed by atoms with Crippen LogP contribution in [0.2, 0.25) is 0 Å². The molecule has 5 aromatic rings. The molecule has 5 rings (SSSR count). The normalized spacial score (nSPS) is 11.5. The fourth-order valence-corrected chi connectivity index (χ4v) is 3.99. The van der Waals surface area contributed by atoms with Crippen molar-refractivity contribution in [2.75, 3.05) is 0 Å². The lowest BCUT2D eigenvalue weighted by Gasteiger charge is -2.11. The summed E-state index contributed by atoms with van der Waals surface area (Å²) in [6, 6.07) is 14.7. The highest BCUT2D eigenvalue weighted by Gasteiger charge is 2.35. The van der Waals surface area contributed by atoms with Crippen LogP contribution in [-0.4, -0.2) is 31.7 Å². The highest BCUT2D eigenvalue weighted by atomic mass is 19.4. The molecule has 13 heteroatoms. The van der Waals surface area contributed by atoms with Gasteiger partial charge in [0.1, 0.15) is 17.9 Å². The molecule has 2 N–H and O–H groups in total. The SMILES string of the molecule is Cc1nc2cc(F)c(CNC(=O)c3cccc(-n4nc(C(F)(F)F)cc4OCc4ccc(C(=O)O)cc4)c3)cc2o1. The smallest absolute Gasteiger partial charge is 0.435 e. The minimum atomic E-state index is -4.77. The number of aromatic nitrogens is 3. The van der Waals surface area contributed by atoms with Crippen molar-refractivity contribution >= 4 is 23.0 Å². The maximum absolute atomic E-state index is 14.5. The van der Waals surface area contributed by atoms with Gasteiger partial charge in [-0.1, -0.05) is 18.2 Å². The number of carbonyl (C=O) groups is 2. The molecule has 3 aromatic carbocycles. The zero-order valence-corrected chi connectivity index (χ0v) is 21.2. The Bertz CT molecular complexity index is 1760. The zero-order valence-electron chi connectivity index (χ0n) is 21.2. The maximum Gasteiger partial charge on any atom is 0.435 e. The molecule has 0 saturated heterocycles. The van der Waals surface area contributed by atoms with Crippen molar-refractivity contribution in [1.29, 1.82) is 0 Å². The first-order chi connectivity index (χ1) is 19.5. The predicted molar refractivity (Wildman–Crippen MR) is 136 cm³/mol. The van der Waals surface area contributed by atoms with Crippen LogP contribution in [-0.2, 0) is 19.3 Å². The lowest BCUT2D eigenvalue weighted by Crippen LogP contribution is -2.23. The van der Waals surface area contributed by atoms with Crippen molar-refractivity contribution in [3.63, 3.8) is 0 Å². The summed E-state index contributed by atoms with van der Waals surface area (Å²) in [5.41, 5.74) is 0.396. The van der Waals surface area contributed by atoms with Gasteiger partial charge in [0.25, 0.3) is 5.91 Å². The molecule has 0 spiro atoms. The molecule has 9 nitrogen and oxygen atoms in total. The fourth-order valence-electron chi connectivity index (χ4n) is 3.99. The van der Waals surface area contributed by atoms with Gasteiger partial charge in [-0.3, -0.25) is 4.79 Å². The molecule has 0 fully saturated rings. The minimum Gasteiger partial charge on any atom is -0.478 e. The summed E-state index contributed by atoms with van der Waals surface area (Å²) in [4.78, 5) is 28.0. The predicted octanol–water partition coefficient (Wildman–Crippen LogP) is 5.69. The second-order valence-electron chi connectivity index (χ2n) is 8.95. The Morgan fingerprint density at radius 2 is 1.80 bits per heavy atom. The molecule has 0 radical (unpaired) electrons. The highest BCUT2D eigenvalue weighted by molar-refractivity contribution is 5.94. The summed E-state index contributed by atoms with van der Waals surface area (Å²) in [6.07, 6.45) is -4.77. The maximum atomic E-state index is 14.5. The van der Waals surface area contributed by atoms with Crippen LogP contribution in [0.25, 0.3) is 16.8 Å². The van der Waals surface area contributed by atoms with Gasteiger partial charge in [0.2, 0.25) is 5.88 Å². The molecule has 210 valence electrons. The van der Waals surface area contributed by atoms with Gasteiger partial charge >= 0.3 is 12.1 Å². The van der Waals surface area contributed by atoms with Crippen molar-refractivity contribution in [2.24, 2.45) is 0 Å². The number of carboxylic acids is 1. The Balaban J connectivity index is 1.36. The number of aromatic carboxylic acids is 1. The Morgan fingerprint density at radius 3 is 2.51 bits per heavy atom. The number of rotatable bonds is 8. The number of amides is 1. The van der Waals surface area contributed by atoms with Crippen molar-refractivity contribution in [3.05, 3.63) is 106 Å². The number of ether oxygens (including phenoxy) is 1. The molecule has 0 bridgehead atoms. The minimum absolute atomic E-state index is 0.0459. The van der Waals surface area contributed by atoms with E-state index in [9.17, 15) is 27.2 Å². The first kappa shape index (κ1) is 27.4. The third-order valence-corrected chi connectivity index (χ3v) is 6.01. The number of hydrogen-bond donors (Lipinski definition) is 2. The third-order valence-electron chi connectivity index (χ3n) is 6.01.